The first-order valence-corrected chi connectivity index (χ1v) is 13.1. The number of hydrogen-bond donors (Lipinski definition) is 6. The minimum Gasteiger partial charge on any atom is -0.511 e. The van der Waals surface area contributed by atoms with Crippen LogP contribution in [-0.2, 0) is 16.0 Å². The van der Waals surface area contributed by atoms with E-state index < -0.39 is 52.0 Å². The molecule has 3 aromatic rings. The molecule has 0 saturated heterocycles. The van der Waals surface area contributed by atoms with Crippen LogP contribution in [0.15, 0.2) is 70.5 Å². The first kappa shape index (κ1) is 24.8. The highest BCUT2D eigenvalue weighted by Gasteiger charge is 2.59. The summed E-state index contributed by atoms with van der Waals surface area (Å²) in [7, 11) is 0. The van der Waals surface area contributed by atoms with Gasteiger partial charge in [0.05, 0.1) is 16.9 Å². The van der Waals surface area contributed by atoms with Crippen LogP contribution in [0, 0.1) is 11.8 Å². The van der Waals surface area contributed by atoms with Crippen LogP contribution in [0.1, 0.15) is 28.8 Å². The highest BCUT2D eigenvalue weighted by Crippen LogP contribution is 2.52. The fraction of sp³-hybridized carbons (Fsp3) is 0.214. The molecule has 0 radical (unpaired) electrons. The van der Waals surface area contributed by atoms with Crippen molar-refractivity contribution in [3.05, 3.63) is 81.6 Å². The summed E-state index contributed by atoms with van der Waals surface area (Å²) in [6.45, 7) is 0. The summed E-state index contributed by atoms with van der Waals surface area (Å²) in [5.74, 6) is -6.53. The lowest BCUT2D eigenvalue weighted by Crippen LogP contribution is -2.57. The molecule has 1 heterocycles. The number of hydrogen-bond acceptors (Lipinski definition) is 10. The van der Waals surface area contributed by atoms with Gasteiger partial charge in [0.1, 0.15) is 17.1 Å². The van der Waals surface area contributed by atoms with Crippen molar-refractivity contribution in [2.24, 2.45) is 17.6 Å². The van der Waals surface area contributed by atoms with Gasteiger partial charge in [-0.3, -0.25) is 14.4 Å². The molecule has 0 spiro atoms. The quantitative estimate of drug-likeness (QED) is 0.211. The summed E-state index contributed by atoms with van der Waals surface area (Å²) in [5, 5.41) is 49.2. The molecule has 6 rings (SSSR count). The molecule has 0 aliphatic heterocycles. The third-order valence-corrected chi connectivity index (χ3v) is 8.51. The number of nitrogens with two attached hydrogens (primary N) is 1. The Morgan fingerprint density at radius 1 is 1.08 bits per heavy atom. The van der Waals surface area contributed by atoms with E-state index in [9.17, 15) is 34.8 Å². The van der Waals surface area contributed by atoms with Gasteiger partial charge in [0.15, 0.2) is 22.3 Å². The number of Topliss-reactive ketones (excluding diaryl/α,β-unsaturated/α-hetero) is 2. The molecular formula is C28H23N3O7S. The number of rotatable bonds is 4. The summed E-state index contributed by atoms with van der Waals surface area (Å²) in [6, 6.07) is 12.9. The zero-order valence-corrected chi connectivity index (χ0v) is 21.2. The summed E-state index contributed by atoms with van der Waals surface area (Å²) in [4.78, 5) is 43.1. The highest BCUT2D eigenvalue weighted by molar-refractivity contribution is 7.14. The van der Waals surface area contributed by atoms with Gasteiger partial charge < -0.3 is 31.5 Å². The molecule has 198 valence electrons. The summed E-state index contributed by atoms with van der Waals surface area (Å²) in [6.07, 6.45) is 0.0744. The van der Waals surface area contributed by atoms with Gasteiger partial charge in [-0.25, -0.2) is 4.98 Å². The SMILES string of the molecule is NC(=O)C1=C(O)C[C@@H]2C[C@@H]3Cc4ccc(Nc5nc(-c6ccccc6)cs5)c(O)c4C(=O)C3=C(O)[C@]2(O)C1=O. The predicted molar refractivity (Wildman–Crippen MR) is 142 cm³/mol. The number of carbonyl (C=O) groups is 3. The zero-order chi connectivity index (χ0) is 27.6. The molecule has 3 aliphatic carbocycles. The van der Waals surface area contributed by atoms with Crippen LogP contribution >= 0.6 is 11.3 Å². The summed E-state index contributed by atoms with van der Waals surface area (Å²) in [5.41, 5.74) is 4.02. The van der Waals surface area contributed by atoms with Crippen molar-refractivity contribution in [2.45, 2.75) is 24.9 Å². The lowest BCUT2D eigenvalue weighted by atomic mass is 9.60. The third kappa shape index (κ3) is 3.65. The number of nitrogens with zero attached hydrogens (tertiary/aromatic N) is 1. The molecule has 0 saturated carbocycles. The van der Waals surface area contributed by atoms with Crippen LogP contribution in [0.4, 0.5) is 10.8 Å². The number of amides is 1. The van der Waals surface area contributed by atoms with E-state index in [0.717, 1.165) is 11.3 Å². The smallest absolute Gasteiger partial charge is 0.255 e. The van der Waals surface area contributed by atoms with Crippen LogP contribution in [0.25, 0.3) is 11.3 Å². The van der Waals surface area contributed by atoms with Gasteiger partial charge in [0.2, 0.25) is 5.78 Å². The van der Waals surface area contributed by atoms with Gasteiger partial charge in [-0.15, -0.1) is 11.3 Å². The molecule has 2 aromatic carbocycles. The maximum absolute atomic E-state index is 13.7. The van der Waals surface area contributed by atoms with Crippen LogP contribution in [0.3, 0.4) is 0 Å². The Balaban J connectivity index is 1.37. The fourth-order valence-corrected chi connectivity index (χ4v) is 6.61. The number of allylic oxidation sites excluding steroid dienone is 2. The van der Waals surface area contributed by atoms with E-state index in [2.05, 4.69) is 10.3 Å². The van der Waals surface area contributed by atoms with Crippen LogP contribution in [0.5, 0.6) is 5.75 Å². The molecule has 3 atom stereocenters. The molecule has 39 heavy (non-hydrogen) atoms. The minimum atomic E-state index is -2.59. The number of fused-ring (bicyclic) bond motifs is 3. The van der Waals surface area contributed by atoms with Gasteiger partial charge in [0.25, 0.3) is 5.91 Å². The van der Waals surface area contributed by atoms with Crippen LogP contribution < -0.4 is 11.1 Å². The van der Waals surface area contributed by atoms with E-state index in [1.807, 2.05) is 35.7 Å². The molecule has 11 heteroatoms. The second-order valence-corrected chi connectivity index (χ2v) is 10.8. The van der Waals surface area contributed by atoms with E-state index in [1.165, 1.54) is 11.3 Å². The van der Waals surface area contributed by atoms with Gasteiger partial charge >= 0.3 is 0 Å². The summed E-state index contributed by atoms with van der Waals surface area (Å²) < 4.78 is 0. The second-order valence-electron chi connectivity index (χ2n) is 9.94. The molecule has 0 bridgehead atoms. The largest absolute Gasteiger partial charge is 0.511 e. The Hall–Kier alpha value is -4.48. The Bertz CT molecular complexity index is 1640. The van der Waals surface area contributed by atoms with Crippen molar-refractivity contribution in [3.63, 3.8) is 0 Å². The van der Waals surface area contributed by atoms with E-state index in [-0.39, 0.29) is 41.8 Å². The zero-order valence-electron chi connectivity index (χ0n) is 20.3. The summed E-state index contributed by atoms with van der Waals surface area (Å²) >= 11 is 1.32. The topological polar surface area (TPSA) is 183 Å². The number of ketones is 2. The second kappa shape index (κ2) is 8.79. The van der Waals surface area contributed by atoms with Gasteiger partial charge in [-0.05, 0) is 30.4 Å². The molecule has 0 fully saturated rings. The van der Waals surface area contributed by atoms with Gasteiger partial charge in [0, 0.05) is 28.9 Å². The number of primary amides is 1. The average molecular weight is 546 g/mol. The molecule has 0 unspecified atom stereocenters. The van der Waals surface area contributed by atoms with E-state index in [1.54, 1.807) is 12.1 Å². The number of thiazole rings is 1. The van der Waals surface area contributed by atoms with E-state index >= 15 is 0 Å². The van der Waals surface area contributed by atoms with Gasteiger partial charge in [-0.2, -0.15) is 0 Å². The Kier molecular flexibility index (Phi) is 5.59. The van der Waals surface area contributed by atoms with Crippen molar-refractivity contribution in [1.82, 2.24) is 4.98 Å². The Morgan fingerprint density at radius 2 is 1.82 bits per heavy atom. The number of phenols is 1. The number of aromatic hydroxyl groups is 1. The minimum absolute atomic E-state index is 0.0588. The number of aliphatic hydroxyl groups excluding tert-OH is 2. The Labute approximate surface area is 225 Å². The average Bonchev–Trinajstić information content (AvgIpc) is 3.37. The number of benzene rings is 2. The van der Waals surface area contributed by atoms with Crippen molar-refractivity contribution >= 4 is 39.6 Å². The first-order valence-electron chi connectivity index (χ1n) is 12.2. The number of anilines is 2. The maximum atomic E-state index is 13.7. The molecule has 1 aromatic heterocycles. The number of nitrogens with one attached hydrogen (secondary N) is 1. The molecule has 3 aliphatic rings. The molecule has 10 nitrogen and oxygen atoms in total. The van der Waals surface area contributed by atoms with Gasteiger partial charge in [-0.1, -0.05) is 36.4 Å². The predicted octanol–water partition coefficient (Wildman–Crippen LogP) is 3.45. The van der Waals surface area contributed by atoms with E-state index in [0.29, 0.717) is 10.7 Å². The number of carbonyl (C=O) groups excluding carboxylic acids is 3. The first-order chi connectivity index (χ1) is 18.6. The lowest BCUT2D eigenvalue weighted by Gasteiger charge is -2.45. The third-order valence-electron chi connectivity index (χ3n) is 7.75. The van der Waals surface area contributed by atoms with E-state index in [4.69, 9.17) is 5.73 Å². The lowest BCUT2D eigenvalue weighted by molar-refractivity contribution is -0.144. The van der Waals surface area contributed by atoms with Crippen molar-refractivity contribution in [1.29, 1.82) is 0 Å². The standard InChI is InChI=1S/C28H23N3O7S/c29-26(37)21-18(32)10-15-9-14-8-13-6-7-16(30-27-31-17(11-39-27)12-4-2-1-3-5-12)22(33)19(13)23(34)20(14)24(35)28(15,38)25(21)36/h1-7,11,14-15,32-33,35,38H,8-10H2,(H2,29,37)(H,30,31)/t14-,15-,28-/m0/s1. The van der Waals surface area contributed by atoms with Crippen molar-refractivity contribution in [3.8, 4) is 17.0 Å². The highest BCUT2D eigenvalue weighted by atomic mass is 32.1. The normalized spacial score (nSPS) is 24.2. The number of aromatic nitrogens is 1. The van der Waals surface area contributed by atoms with Crippen molar-refractivity contribution < 1.29 is 34.8 Å². The Morgan fingerprint density at radius 3 is 2.54 bits per heavy atom. The van der Waals surface area contributed by atoms with Crippen molar-refractivity contribution in [2.75, 3.05) is 5.32 Å². The molecular weight excluding hydrogens is 522 g/mol. The van der Waals surface area contributed by atoms with Crippen LogP contribution in [-0.4, -0.2) is 48.5 Å². The monoisotopic (exact) mass is 545 g/mol. The maximum Gasteiger partial charge on any atom is 0.255 e. The van der Waals surface area contributed by atoms with Crippen LogP contribution in [0.2, 0.25) is 0 Å². The number of phenolic OH excluding ortho intramolecular Hbond substituents is 1. The molecule has 1 amide bonds. The fourth-order valence-electron chi connectivity index (χ4n) is 5.88. The number of aliphatic hydroxyl groups is 3. The molecule has 7 N–H and O–H groups in total.